The molecule has 1 aliphatic heterocycles. The predicted octanol–water partition coefficient (Wildman–Crippen LogP) is 1.63. The first-order chi connectivity index (χ1) is 10.3. The summed E-state index contributed by atoms with van der Waals surface area (Å²) in [5.41, 5.74) is 5.68. The predicted molar refractivity (Wildman–Crippen MR) is 81.4 cm³/mol. The van der Waals surface area contributed by atoms with Crippen LogP contribution in [0.25, 0.3) is 11.6 Å². The lowest BCUT2D eigenvalue weighted by Gasteiger charge is -2.23. The van der Waals surface area contributed by atoms with Gasteiger partial charge in [0, 0.05) is 32.0 Å². The number of amides is 1. The monoisotopic (exact) mass is 326 g/mol. The molecule has 3 heterocycles. The maximum absolute atomic E-state index is 12.2. The molecule has 1 unspecified atom stereocenters. The number of nitrogens with zero attached hydrogens (tertiary/aromatic N) is 3. The first-order valence-electron chi connectivity index (χ1n) is 7.14. The van der Waals surface area contributed by atoms with E-state index in [4.69, 9.17) is 14.7 Å². The molecule has 1 aliphatic rings. The van der Waals surface area contributed by atoms with Crippen LogP contribution < -0.4 is 5.73 Å². The van der Waals surface area contributed by atoms with Crippen molar-refractivity contribution in [2.75, 3.05) is 13.1 Å². The maximum atomic E-state index is 12.2. The fourth-order valence-electron chi connectivity index (χ4n) is 2.63. The lowest BCUT2D eigenvalue weighted by molar-refractivity contribution is -0.131. The number of aromatic nitrogens is 2. The Morgan fingerprint density at radius 2 is 2.36 bits per heavy atom. The Hall–Kier alpha value is -1.86. The molecule has 1 amide bonds. The molecule has 22 heavy (non-hydrogen) atoms. The smallest absolute Gasteiger partial charge is 0.238 e. The van der Waals surface area contributed by atoms with Crippen molar-refractivity contribution in [3.8, 4) is 11.6 Å². The molecular formula is C14H19ClN4O3. The van der Waals surface area contributed by atoms with Gasteiger partial charge >= 0.3 is 0 Å². The van der Waals surface area contributed by atoms with Crippen molar-refractivity contribution in [1.29, 1.82) is 0 Å². The molecule has 3 rings (SSSR count). The number of rotatable bonds is 5. The van der Waals surface area contributed by atoms with E-state index >= 15 is 0 Å². The molecule has 0 aromatic carbocycles. The van der Waals surface area contributed by atoms with Gasteiger partial charge in [-0.05, 0) is 25.0 Å². The standard InChI is InChI=1S/C14H18N4O3.ClH/c15-9-10-3-1-7-18(10)13(19)6-5-12-16-14(17-21-12)11-4-2-8-20-11;/h2,4,8,10H,1,3,5-7,9,15H2;1H. The Morgan fingerprint density at radius 3 is 3.09 bits per heavy atom. The van der Waals surface area contributed by atoms with Gasteiger partial charge in [-0.3, -0.25) is 4.79 Å². The van der Waals surface area contributed by atoms with Crippen molar-refractivity contribution >= 4 is 18.3 Å². The highest BCUT2D eigenvalue weighted by Gasteiger charge is 2.27. The van der Waals surface area contributed by atoms with Gasteiger partial charge in [0.25, 0.3) is 0 Å². The summed E-state index contributed by atoms with van der Waals surface area (Å²) >= 11 is 0. The van der Waals surface area contributed by atoms with Crippen LogP contribution in [0, 0.1) is 0 Å². The van der Waals surface area contributed by atoms with Crippen LogP contribution in [0.3, 0.4) is 0 Å². The van der Waals surface area contributed by atoms with E-state index in [1.54, 1.807) is 18.4 Å². The normalized spacial score (nSPS) is 17.5. The minimum Gasteiger partial charge on any atom is -0.461 e. The van der Waals surface area contributed by atoms with E-state index in [2.05, 4.69) is 10.1 Å². The van der Waals surface area contributed by atoms with Crippen LogP contribution in [0.4, 0.5) is 0 Å². The van der Waals surface area contributed by atoms with Crippen molar-refractivity contribution in [3.63, 3.8) is 0 Å². The number of aryl methyl sites for hydroxylation is 1. The van der Waals surface area contributed by atoms with Crippen LogP contribution in [0.15, 0.2) is 27.3 Å². The fourth-order valence-corrected chi connectivity index (χ4v) is 2.63. The zero-order valence-electron chi connectivity index (χ0n) is 12.1. The molecule has 0 bridgehead atoms. The van der Waals surface area contributed by atoms with Gasteiger partial charge in [0.15, 0.2) is 5.76 Å². The van der Waals surface area contributed by atoms with Gasteiger partial charge in [-0.25, -0.2) is 0 Å². The molecule has 1 atom stereocenters. The van der Waals surface area contributed by atoms with Crippen molar-refractivity contribution < 1.29 is 13.7 Å². The average molecular weight is 327 g/mol. The molecule has 0 saturated carbocycles. The van der Waals surface area contributed by atoms with E-state index in [1.807, 2.05) is 4.90 Å². The third-order valence-electron chi connectivity index (χ3n) is 3.73. The van der Waals surface area contributed by atoms with Gasteiger partial charge in [-0.1, -0.05) is 5.16 Å². The first-order valence-corrected chi connectivity index (χ1v) is 7.14. The van der Waals surface area contributed by atoms with Crippen LogP contribution in [0.2, 0.25) is 0 Å². The Morgan fingerprint density at radius 1 is 1.50 bits per heavy atom. The summed E-state index contributed by atoms with van der Waals surface area (Å²) in [5.74, 6) is 1.50. The molecule has 1 fully saturated rings. The van der Waals surface area contributed by atoms with Crippen LogP contribution in [-0.4, -0.2) is 40.1 Å². The van der Waals surface area contributed by atoms with Crippen LogP contribution >= 0.6 is 12.4 Å². The molecular weight excluding hydrogens is 308 g/mol. The maximum Gasteiger partial charge on any atom is 0.238 e. The van der Waals surface area contributed by atoms with E-state index in [0.717, 1.165) is 19.4 Å². The Labute approximate surface area is 134 Å². The second-order valence-electron chi connectivity index (χ2n) is 5.11. The highest BCUT2D eigenvalue weighted by molar-refractivity contribution is 5.85. The van der Waals surface area contributed by atoms with E-state index < -0.39 is 0 Å². The summed E-state index contributed by atoms with van der Waals surface area (Å²) in [4.78, 5) is 18.3. The lowest BCUT2D eigenvalue weighted by atomic mass is 10.2. The minimum atomic E-state index is 0. The second kappa shape index (κ2) is 7.42. The number of hydrogen-bond donors (Lipinski definition) is 1. The summed E-state index contributed by atoms with van der Waals surface area (Å²) in [6.07, 6.45) is 4.36. The zero-order chi connectivity index (χ0) is 14.7. The van der Waals surface area contributed by atoms with Crippen molar-refractivity contribution in [2.24, 2.45) is 5.73 Å². The number of hydrogen-bond acceptors (Lipinski definition) is 6. The SMILES string of the molecule is Cl.NCC1CCCN1C(=O)CCc1nc(-c2ccco2)no1. The van der Waals surface area contributed by atoms with Gasteiger partial charge in [-0.2, -0.15) is 4.98 Å². The van der Waals surface area contributed by atoms with Crippen molar-refractivity contribution in [1.82, 2.24) is 15.0 Å². The highest BCUT2D eigenvalue weighted by Crippen LogP contribution is 2.19. The molecule has 2 aromatic heterocycles. The van der Waals surface area contributed by atoms with Gasteiger partial charge in [0.2, 0.25) is 17.6 Å². The number of likely N-dealkylation sites (tertiary alicyclic amines) is 1. The van der Waals surface area contributed by atoms with Crippen LogP contribution in [0.5, 0.6) is 0 Å². The summed E-state index contributed by atoms with van der Waals surface area (Å²) in [6, 6.07) is 3.70. The lowest BCUT2D eigenvalue weighted by Crippen LogP contribution is -2.40. The van der Waals surface area contributed by atoms with Crippen LogP contribution in [0.1, 0.15) is 25.2 Å². The molecule has 120 valence electrons. The van der Waals surface area contributed by atoms with Crippen LogP contribution in [-0.2, 0) is 11.2 Å². The third kappa shape index (κ3) is 3.48. The van der Waals surface area contributed by atoms with E-state index in [9.17, 15) is 4.79 Å². The molecule has 8 heteroatoms. The molecule has 2 N–H and O–H groups in total. The number of nitrogens with two attached hydrogens (primary N) is 1. The summed E-state index contributed by atoms with van der Waals surface area (Å²) < 4.78 is 10.3. The average Bonchev–Trinajstić information content (AvgIpc) is 3.24. The number of carbonyl (C=O) groups is 1. The molecule has 2 aromatic rings. The van der Waals surface area contributed by atoms with Crippen molar-refractivity contribution in [3.05, 3.63) is 24.3 Å². The Kier molecular flexibility index (Phi) is 5.57. The molecule has 7 nitrogen and oxygen atoms in total. The summed E-state index contributed by atoms with van der Waals surface area (Å²) in [7, 11) is 0. The molecule has 0 radical (unpaired) electrons. The van der Waals surface area contributed by atoms with Gasteiger partial charge in [0.05, 0.1) is 6.26 Å². The first kappa shape index (κ1) is 16.5. The van der Waals surface area contributed by atoms with Gasteiger partial charge in [-0.15, -0.1) is 12.4 Å². The summed E-state index contributed by atoms with van der Waals surface area (Å²) in [6.45, 7) is 1.32. The second-order valence-corrected chi connectivity index (χ2v) is 5.11. The zero-order valence-corrected chi connectivity index (χ0v) is 12.9. The Bertz CT molecular complexity index is 599. The Balaban J connectivity index is 0.00000176. The van der Waals surface area contributed by atoms with E-state index in [1.165, 1.54) is 0 Å². The van der Waals surface area contributed by atoms with Gasteiger partial charge in [0.1, 0.15) is 0 Å². The summed E-state index contributed by atoms with van der Waals surface area (Å²) in [5, 5.41) is 3.84. The topological polar surface area (TPSA) is 98.4 Å². The molecule has 0 spiro atoms. The highest BCUT2D eigenvalue weighted by atomic mass is 35.5. The number of carbonyl (C=O) groups excluding carboxylic acids is 1. The van der Waals surface area contributed by atoms with Gasteiger partial charge < -0.3 is 19.6 Å². The molecule has 0 aliphatic carbocycles. The van der Waals surface area contributed by atoms with E-state index in [-0.39, 0.29) is 24.4 Å². The van der Waals surface area contributed by atoms with E-state index in [0.29, 0.717) is 36.9 Å². The minimum absolute atomic E-state index is 0. The third-order valence-corrected chi connectivity index (χ3v) is 3.73. The largest absolute Gasteiger partial charge is 0.461 e. The fraction of sp³-hybridized carbons (Fsp3) is 0.500. The quantitative estimate of drug-likeness (QED) is 0.896. The number of halogens is 1. The number of furan rings is 1. The van der Waals surface area contributed by atoms with Crippen molar-refractivity contribution in [2.45, 2.75) is 31.7 Å². The molecule has 1 saturated heterocycles.